The molecule has 0 saturated carbocycles. The molecule has 20 heavy (non-hydrogen) atoms. The fraction of sp³-hybridized carbons (Fsp3) is 0.429. The molecular weight excluding hydrogens is 281 g/mol. The van der Waals surface area contributed by atoms with E-state index in [0.717, 1.165) is 12.2 Å². The van der Waals surface area contributed by atoms with Crippen molar-refractivity contribution in [3.05, 3.63) is 35.6 Å². The number of carbonyl (C=O) groups is 2. The minimum atomic E-state index is -1.56. The Bertz CT molecular complexity index is 478. The molecule has 1 amide bonds. The predicted molar refractivity (Wildman–Crippen MR) is 77.1 cm³/mol. The molecular formula is C14H18FNO3S. The second kappa shape index (κ2) is 7.28. The van der Waals surface area contributed by atoms with Gasteiger partial charge in [0.1, 0.15) is 5.82 Å². The summed E-state index contributed by atoms with van der Waals surface area (Å²) in [5, 5.41) is 11.9. The Kier molecular flexibility index (Phi) is 6.01. The molecule has 2 N–H and O–H groups in total. The summed E-state index contributed by atoms with van der Waals surface area (Å²) in [6, 6.07) is 5.08. The van der Waals surface area contributed by atoms with Crippen molar-refractivity contribution < 1.29 is 19.1 Å². The van der Waals surface area contributed by atoms with E-state index in [4.69, 9.17) is 0 Å². The number of nitrogens with one attached hydrogen (secondary N) is 1. The van der Waals surface area contributed by atoms with Crippen molar-refractivity contribution in [1.29, 1.82) is 0 Å². The SMILES string of the molecule is CCCSCC(=O)NC(C)(C(=O)O)c1ccc(F)cc1. The van der Waals surface area contributed by atoms with Crippen molar-refractivity contribution in [2.75, 3.05) is 11.5 Å². The van der Waals surface area contributed by atoms with E-state index in [0.29, 0.717) is 5.56 Å². The minimum absolute atomic E-state index is 0.206. The molecule has 0 spiro atoms. The first kappa shape index (κ1) is 16.5. The fourth-order valence-electron chi connectivity index (χ4n) is 1.66. The molecule has 1 rings (SSSR count). The third-order valence-corrected chi connectivity index (χ3v) is 3.98. The van der Waals surface area contributed by atoms with Gasteiger partial charge in [0.25, 0.3) is 0 Å². The van der Waals surface area contributed by atoms with Gasteiger partial charge in [0.05, 0.1) is 5.75 Å². The standard InChI is InChI=1S/C14H18FNO3S/c1-3-8-20-9-12(17)16-14(2,13(18)19)10-4-6-11(15)7-5-10/h4-7H,3,8-9H2,1-2H3,(H,16,17)(H,18,19). The number of benzene rings is 1. The van der Waals surface area contributed by atoms with Crippen LogP contribution >= 0.6 is 11.8 Å². The number of rotatable bonds is 7. The fourth-order valence-corrected chi connectivity index (χ4v) is 2.35. The zero-order valence-corrected chi connectivity index (χ0v) is 12.3. The zero-order valence-electron chi connectivity index (χ0n) is 11.5. The minimum Gasteiger partial charge on any atom is -0.479 e. The molecule has 6 heteroatoms. The monoisotopic (exact) mass is 299 g/mol. The summed E-state index contributed by atoms with van der Waals surface area (Å²) in [6.45, 7) is 3.40. The summed E-state index contributed by atoms with van der Waals surface area (Å²) in [4.78, 5) is 23.3. The van der Waals surface area contributed by atoms with Gasteiger partial charge >= 0.3 is 5.97 Å². The molecule has 0 aromatic heterocycles. The van der Waals surface area contributed by atoms with Crippen molar-refractivity contribution in [3.63, 3.8) is 0 Å². The summed E-state index contributed by atoms with van der Waals surface area (Å²) in [5.41, 5.74) is -1.22. The highest BCUT2D eigenvalue weighted by atomic mass is 32.2. The number of thioether (sulfide) groups is 1. The molecule has 0 aliphatic rings. The Labute approximate surface area is 121 Å². The second-order valence-electron chi connectivity index (χ2n) is 4.54. The summed E-state index contributed by atoms with van der Waals surface area (Å²) < 4.78 is 12.9. The van der Waals surface area contributed by atoms with Crippen LogP contribution in [-0.4, -0.2) is 28.5 Å². The predicted octanol–water partition coefficient (Wildman–Crippen LogP) is 2.38. The molecule has 1 aromatic rings. The van der Waals surface area contributed by atoms with E-state index in [-0.39, 0.29) is 11.7 Å². The van der Waals surface area contributed by atoms with Crippen LogP contribution < -0.4 is 5.32 Å². The average Bonchev–Trinajstić information content (AvgIpc) is 2.39. The number of halogens is 1. The first-order valence-electron chi connectivity index (χ1n) is 6.28. The lowest BCUT2D eigenvalue weighted by Crippen LogP contribution is -2.50. The Morgan fingerprint density at radius 2 is 1.95 bits per heavy atom. The van der Waals surface area contributed by atoms with E-state index in [1.807, 2.05) is 6.92 Å². The maximum absolute atomic E-state index is 12.9. The van der Waals surface area contributed by atoms with Crippen LogP contribution in [0.25, 0.3) is 0 Å². The van der Waals surface area contributed by atoms with Gasteiger partial charge in [-0.1, -0.05) is 19.1 Å². The number of carboxylic acids is 1. The summed E-state index contributed by atoms with van der Waals surface area (Å²) in [6.07, 6.45) is 0.951. The Morgan fingerprint density at radius 3 is 2.45 bits per heavy atom. The van der Waals surface area contributed by atoms with Gasteiger partial charge in [0, 0.05) is 0 Å². The van der Waals surface area contributed by atoms with Gasteiger partial charge in [-0.25, -0.2) is 9.18 Å². The molecule has 1 unspecified atom stereocenters. The van der Waals surface area contributed by atoms with Crippen molar-refractivity contribution in [3.8, 4) is 0 Å². The summed E-state index contributed by atoms with van der Waals surface area (Å²) in [7, 11) is 0. The lowest BCUT2D eigenvalue weighted by atomic mass is 9.92. The maximum atomic E-state index is 12.9. The van der Waals surface area contributed by atoms with E-state index in [2.05, 4.69) is 5.32 Å². The van der Waals surface area contributed by atoms with Crippen LogP contribution in [0.4, 0.5) is 4.39 Å². The van der Waals surface area contributed by atoms with Crippen molar-refractivity contribution in [2.24, 2.45) is 0 Å². The highest BCUT2D eigenvalue weighted by molar-refractivity contribution is 7.99. The van der Waals surface area contributed by atoms with Crippen molar-refractivity contribution >= 4 is 23.6 Å². The van der Waals surface area contributed by atoms with E-state index in [9.17, 15) is 19.1 Å². The van der Waals surface area contributed by atoms with Crippen LogP contribution in [0.2, 0.25) is 0 Å². The lowest BCUT2D eigenvalue weighted by molar-refractivity contribution is -0.147. The van der Waals surface area contributed by atoms with Crippen LogP contribution in [0.5, 0.6) is 0 Å². The molecule has 0 radical (unpaired) electrons. The topological polar surface area (TPSA) is 66.4 Å². The van der Waals surface area contributed by atoms with E-state index < -0.39 is 17.3 Å². The maximum Gasteiger partial charge on any atom is 0.333 e. The van der Waals surface area contributed by atoms with Gasteiger partial charge in [-0.15, -0.1) is 0 Å². The van der Waals surface area contributed by atoms with Gasteiger partial charge < -0.3 is 10.4 Å². The Balaban J connectivity index is 2.84. The number of amides is 1. The molecule has 0 aliphatic carbocycles. The van der Waals surface area contributed by atoms with Gasteiger partial charge in [-0.3, -0.25) is 4.79 Å². The van der Waals surface area contributed by atoms with Gasteiger partial charge in [0.15, 0.2) is 5.54 Å². The molecule has 1 aromatic carbocycles. The van der Waals surface area contributed by atoms with Crippen molar-refractivity contribution in [2.45, 2.75) is 25.8 Å². The average molecular weight is 299 g/mol. The quantitative estimate of drug-likeness (QED) is 0.759. The molecule has 0 heterocycles. The van der Waals surface area contributed by atoms with E-state index in [1.54, 1.807) is 0 Å². The third kappa shape index (κ3) is 4.23. The smallest absolute Gasteiger partial charge is 0.333 e. The first-order chi connectivity index (χ1) is 9.40. The normalized spacial score (nSPS) is 13.6. The molecule has 1 atom stereocenters. The molecule has 4 nitrogen and oxygen atoms in total. The molecule has 0 bridgehead atoms. The largest absolute Gasteiger partial charge is 0.479 e. The van der Waals surface area contributed by atoms with Gasteiger partial charge in [-0.2, -0.15) is 11.8 Å². The van der Waals surface area contributed by atoms with Crippen LogP contribution in [0.1, 0.15) is 25.8 Å². The Morgan fingerprint density at radius 1 is 1.35 bits per heavy atom. The Hall–Kier alpha value is -1.56. The van der Waals surface area contributed by atoms with Gasteiger partial charge in [0.2, 0.25) is 5.91 Å². The van der Waals surface area contributed by atoms with Crippen LogP contribution in [0, 0.1) is 5.82 Å². The molecule has 110 valence electrons. The highest BCUT2D eigenvalue weighted by Crippen LogP contribution is 2.22. The van der Waals surface area contributed by atoms with Gasteiger partial charge in [-0.05, 0) is 36.8 Å². The van der Waals surface area contributed by atoms with Crippen molar-refractivity contribution in [1.82, 2.24) is 5.32 Å². The van der Waals surface area contributed by atoms with Crippen LogP contribution in [-0.2, 0) is 15.1 Å². The van der Waals surface area contributed by atoms with Crippen LogP contribution in [0.15, 0.2) is 24.3 Å². The van der Waals surface area contributed by atoms with E-state index >= 15 is 0 Å². The van der Waals surface area contributed by atoms with E-state index in [1.165, 1.54) is 43.0 Å². The second-order valence-corrected chi connectivity index (χ2v) is 5.64. The summed E-state index contributed by atoms with van der Waals surface area (Å²) >= 11 is 1.45. The molecule has 0 aliphatic heterocycles. The number of carboxylic acid groups (broad SMARTS) is 1. The number of carbonyl (C=O) groups excluding carboxylic acids is 1. The van der Waals surface area contributed by atoms with Crippen LogP contribution in [0.3, 0.4) is 0 Å². The lowest BCUT2D eigenvalue weighted by Gasteiger charge is -2.26. The highest BCUT2D eigenvalue weighted by Gasteiger charge is 2.36. The number of hydrogen-bond donors (Lipinski definition) is 2. The molecule has 0 fully saturated rings. The zero-order chi connectivity index (χ0) is 15.2. The summed E-state index contributed by atoms with van der Waals surface area (Å²) in [5.74, 6) is -0.937. The third-order valence-electron chi connectivity index (χ3n) is 2.82. The molecule has 0 saturated heterocycles. The number of hydrogen-bond acceptors (Lipinski definition) is 3. The first-order valence-corrected chi connectivity index (χ1v) is 7.43. The number of aliphatic carboxylic acids is 1.